The summed E-state index contributed by atoms with van der Waals surface area (Å²) < 4.78 is 0. The second kappa shape index (κ2) is 7.06. The van der Waals surface area contributed by atoms with E-state index in [9.17, 15) is 0 Å². The molecule has 2 atom stereocenters. The fourth-order valence-corrected chi connectivity index (χ4v) is 3.03. The summed E-state index contributed by atoms with van der Waals surface area (Å²) in [4.78, 5) is 2.64. The van der Waals surface area contributed by atoms with E-state index in [0.717, 1.165) is 19.5 Å². The van der Waals surface area contributed by atoms with E-state index in [2.05, 4.69) is 55.3 Å². The Labute approximate surface area is 118 Å². The van der Waals surface area contributed by atoms with Gasteiger partial charge in [0.05, 0.1) is 0 Å². The molecule has 0 aliphatic carbocycles. The van der Waals surface area contributed by atoms with Crippen LogP contribution in [0.2, 0.25) is 0 Å². The van der Waals surface area contributed by atoms with Crippen LogP contribution in [-0.2, 0) is 13.0 Å². The number of rotatable bonds is 5. The smallest absolute Gasteiger partial charge is 0.0240 e. The molecule has 1 aliphatic heterocycles. The highest BCUT2D eigenvalue weighted by atomic mass is 15.2. The largest absolute Gasteiger partial charge is 0.311 e. The Morgan fingerprint density at radius 2 is 1.95 bits per heavy atom. The van der Waals surface area contributed by atoms with Gasteiger partial charge in [0.15, 0.2) is 0 Å². The lowest BCUT2D eigenvalue weighted by Gasteiger charge is -2.39. The number of benzene rings is 1. The zero-order chi connectivity index (χ0) is 13.7. The van der Waals surface area contributed by atoms with E-state index in [4.69, 9.17) is 0 Å². The predicted molar refractivity (Wildman–Crippen MR) is 82.4 cm³/mol. The molecule has 1 aliphatic rings. The van der Waals surface area contributed by atoms with Gasteiger partial charge < -0.3 is 5.32 Å². The lowest BCUT2D eigenvalue weighted by atomic mass is 10.0. The topological polar surface area (TPSA) is 15.3 Å². The molecular formula is C17H28N2. The average molecular weight is 260 g/mol. The van der Waals surface area contributed by atoms with E-state index in [1.54, 1.807) is 0 Å². The lowest BCUT2D eigenvalue weighted by molar-refractivity contribution is 0.129. The van der Waals surface area contributed by atoms with Gasteiger partial charge in [-0.15, -0.1) is 0 Å². The third kappa shape index (κ3) is 3.80. The average Bonchev–Trinajstić information content (AvgIpc) is 2.43. The number of nitrogens with zero attached hydrogens (tertiary/aromatic N) is 1. The Hall–Kier alpha value is -0.860. The van der Waals surface area contributed by atoms with Crippen molar-refractivity contribution in [2.75, 3.05) is 13.1 Å². The molecule has 0 bridgehead atoms. The van der Waals surface area contributed by atoms with Crippen LogP contribution in [0.5, 0.6) is 0 Å². The molecule has 1 saturated heterocycles. The Balaban J connectivity index is 2.03. The predicted octanol–water partition coefficient (Wildman–Crippen LogP) is 3.21. The van der Waals surface area contributed by atoms with Gasteiger partial charge in [-0.25, -0.2) is 0 Å². The van der Waals surface area contributed by atoms with E-state index in [1.807, 2.05) is 0 Å². The van der Waals surface area contributed by atoms with Gasteiger partial charge in [-0.3, -0.25) is 4.90 Å². The minimum absolute atomic E-state index is 0.637. The Morgan fingerprint density at radius 3 is 2.63 bits per heavy atom. The van der Waals surface area contributed by atoms with Gasteiger partial charge in [-0.05, 0) is 30.9 Å². The summed E-state index contributed by atoms with van der Waals surface area (Å²) >= 11 is 0. The number of hydrogen-bond donors (Lipinski definition) is 1. The van der Waals surface area contributed by atoms with Gasteiger partial charge in [0.25, 0.3) is 0 Å². The van der Waals surface area contributed by atoms with E-state index in [1.165, 1.54) is 30.5 Å². The summed E-state index contributed by atoms with van der Waals surface area (Å²) in [6.45, 7) is 10.3. The highest BCUT2D eigenvalue weighted by Crippen LogP contribution is 2.17. The van der Waals surface area contributed by atoms with Crippen molar-refractivity contribution in [1.82, 2.24) is 10.2 Å². The molecule has 1 aromatic carbocycles. The summed E-state index contributed by atoms with van der Waals surface area (Å²) in [7, 11) is 0. The molecule has 0 saturated carbocycles. The molecular weight excluding hydrogens is 232 g/mol. The first-order valence-corrected chi connectivity index (χ1v) is 7.78. The quantitative estimate of drug-likeness (QED) is 0.874. The maximum Gasteiger partial charge on any atom is 0.0240 e. The summed E-state index contributed by atoms with van der Waals surface area (Å²) in [5.74, 6) is 0. The second-order valence-electron chi connectivity index (χ2n) is 5.79. The fraction of sp³-hybridized carbons (Fsp3) is 0.647. The lowest BCUT2D eigenvalue weighted by Crippen LogP contribution is -2.54. The van der Waals surface area contributed by atoms with Crippen LogP contribution >= 0.6 is 0 Å². The summed E-state index contributed by atoms with van der Waals surface area (Å²) in [6, 6.07) is 10.2. The van der Waals surface area contributed by atoms with E-state index in [-0.39, 0.29) is 0 Å². The molecule has 2 heteroatoms. The van der Waals surface area contributed by atoms with Crippen LogP contribution in [0.15, 0.2) is 24.3 Å². The maximum absolute atomic E-state index is 3.67. The zero-order valence-corrected chi connectivity index (χ0v) is 12.7. The minimum Gasteiger partial charge on any atom is -0.311 e. The maximum atomic E-state index is 3.67. The Morgan fingerprint density at radius 1 is 1.21 bits per heavy atom. The fourth-order valence-electron chi connectivity index (χ4n) is 3.03. The Kier molecular flexibility index (Phi) is 5.41. The number of hydrogen-bond acceptors (Lipinski definition) is 2. The SMILES string of the molecule is CCCC1CN(Cc2ccccc2CC)C(C)CN1. The van der Waals surface area contributed by atoms with E-state index < -0.39 is 0 Å². The molecule has 0 aromatic heterocycles. The first-order valence-electron chi connectivity index (χ1n) is 7.78. The van der Waals surface area contributed by atoms with Crippen molar-refractivity contribution >= 4 is 0 Å². The summed E-state index contributed by atoms with van der Waals surface area (Å²) in [6.07, 6.45) is 3.69. The van der Waals surface area contributed by atoms with Crippen molar-refractivity contribution in [2.24, 2.45) is 0 Å². The van der Waals surface area contributed by atoms with Gasteiger partial charge in [0.2, 0.25) is 0 Å². The standard InChI is InChI=1S/C17H28N2/c1-4-8-17-13-19(14(3)11-18-17)12-16-10-7-6-9-15(16)5-2/h6-7,9-10,14,17-18H,4-5,8,11-13H2,1-3H3. The van der Waals surface area contributed by atoms with Gasteiger partial charge in [0.1, 0.15) is 0 Å². The molecule has 1 fully saturated rings. The van der Waals surface area contributed by atoms with Gasteiger partial charge in [-0.1, -0.05) is 44.5 Å². The van der Waals surface area contributed by atoms with Crippen molar-refractivity contribution in [3.8, 4) is 0 Å². The minimum atomic E-state index is 0.637. The number of aryl methyl sites for hydroxylation is 1. The molecule has 2 nitrogen and oxygen atoms in total. The van der Waals surface area contributed by atoms with Crippen molar-refractivity contribution < 1.29 is 0 Å². The van der Waals surface area contributed by atoms with Crippen LogP contribution in [0, 0.1) is 0 Å². The van der Waals surface area contributed by atoms with Crippen molar-refractivity contribution in [1.29, 1.82) is 0 Å². The molecule has 19 heavy (non-hydrogen) atoms. The van der Waals surface area contributed by atoms with Crippen LogP contribution < -0.4 is 5.32 Å². The highest BCUT2D eigenvalue weighted by molar-refractivity contribution is 5.27. The third-order valence-corrected chi connectivity index (χ3v) is 4.29. The van der Waals surface area contributed by atoms with Crippen LogP contribution in [0.25, 0.3) is 0 Å². The number of nitrogens with one attached hydrogen (secondary N) is 1. The van der Waals surface area contributed by atoms with Crippen LogP contribution in [-0.4, -0.2) is 30.1 Å². The number of piperazine rings is 1. The van der Waals surface area contributed by atoms with E-state index >= 15 is 0 Å². The van der Waals surface area contributed by atoms with Gasteiger partial charge >= 0.3 is 0 Å². The molecule has 1 N–H and O–H groups in total. The van der Waals surface area contributed by atoms with Crippen molar-refractivity contribution in [2.45, 2.75) is 58.7 Å². The monoisotopic (exact) mass is 260 g/mol. The van der Waals surface area contributed by atoms with Crippen LogP contribution in [0.4, 0.5) is 0 Å². The molecule has 106 valence electrons. The van der Waals surface area contributed by atoms with Crippen LogP contribution in [0.1, 0.15) is 44.7 Å². The molecule has 0 spiro atoms. The molecule has 2 unspecified atom stereocenters. The zero-order valence-electron chi connectivity index (χ0n) is 12.7. The third-order valence-electron chi connectivity index (χ3n) is 4.29. The molecule has 0 amide bonds. The van der Waals surface area contributed by atoms with E-state index in [0.29, 0.717) is 12.1 Å². The molecule has 1 aromatic rings. The first kappa shape index (κ1) is 14.5. The Bertz CT molecular complexity index is 389. The summed E-state index contributed by atoms with van der Waals surface area (Å²) in [5.41, 5.74) is 3.01. The van der Waals surface area contributed by atoms with Crippen molar-refractivity contribution in [3.63, 3.8) is 0 Å². The highest BCUT2D eigenvalue weighted by Gasteiger charge is 2.24. The van der Waals surface area contributed by atoms with Crippen LogP contribution in [0.3, 0.4) is 0 Å². The second-order valence-corrected chi connectivity index (χ2v) is 5.79. The molecule has 1 heterocycles. The van der Waals surface area contributed by atoms with Gasteiger partial charge in [0, 0.05) is 31.7 Å². The van der Waals surface area contributed by atoms with Gasteiger partial charge in [-0.2, -0.15) is 0 Å². The summed E-state index contributed by atoms with van der Waals surface area (Å²) in [5, 5.41) is 3.67. The molecule has 0 radical (unpaired) electrons. The normalized spacial score (nSPS) is 24.6. The first-order chi connectivity index (χ1) is 9.24. The molecule has 2 rings (SSSR count). The van der Waals surface area contributed by atoms with Crippen molar-refractivity contribution in [3.05, 3.63) is 35.4 Å².